The summed E-state index contributed by atoms with van der Waals surface area (Å²) in [5.74, 6) is 0.958. The molecule has 1 N–H and O–H groups in total. The topological polar surface area (TPSA) is 45.0 Å². The van der Waals surface area contributed by atoms with Gasteiger partial charge in [-0.05, 0) is 30.5 Å². The zero-order valence-corrected chi connectivity index (χ0v) is 11.9. The Morgan fingerprint density at radius 3 is 2.28 bits per heavy atom. The second-order valence-electron chi connectivity index (χ2n) is 5.29. The SMILES string of the molecule is COc1c(C)cc(C(C)(C)CNCC#N)cc1C. The number of aryl methyl sites for hydroxylation is 2. The first-order valence-electron chi connectivity index (χ1n) is 6.15. The van der Waals surface area contributed by atoms with Gasteiger partial charge in [0.2, 0.25) is 0 Å². The average Bonchev–Trinajstić information content (AvgIpc) is 2.28. The molecular weight excluding hydrogens is 224 g/mol. The van der Waals surface area contributed by atoms with Crippen molar-refractivity contribution in [2.24, 2.45) is 0 Å². The molecule has 0 fully saturated rings. The van der Waals surface area contributed by atoms with Gasteiger partial charge >= 0.3 is 0 Å². The Morgan fingerprint density at radius 1 is 1.28 bits per heavy atom. The summed E-state index contributed by atoms with van der Waals surface area (Å²) in [7, 11) is 1.70. The van der Waals surface area contributed by atoms with Gasteiger partial charge in [-0.3, -0.25) is 0 Å². The van der Waals surface area contributed by atoms with E-state index in [1.54, 1.807) is 7.11 Å². The lowest BCUT2D eigenvalue weighted by Crippen LogP contribution is -2.33. The van der Waals surface area contributed by atoms with E-state index in [1.807, 2.05) is 0 Å². The Morgan fingerprint density at radius 2 is 1.83 bits per heavy atom. The quantitative estimate of drug-likeness (QED) is 0.642. The fraction of sp³-hybridized carbons (Fsp3) is 0.533. The Balaban J connectivity index is 2.99. The molecule has 1 aromatic rings. The third-order valence-corrected chi connectivity index (χ3v) is 3.22. The number of methoxy groups -OCH3 is 1. The Labute approximate surface area is 110 Å². The minimum atomic E-state index is -0.00135. The van der Waals surface area contributed by atoms with Gasteiger partial charge in [-0.15, -0.1) is 0 Å². The van der Waals surface area contributed by atoms with Gasteiger partial charge in [0.05, 0.1) is 19.7 Å². The molecule has 18 heavy (non-hydrogen) atoms. The molecule has 1 aromatic carbocycles. The number of nitrogens with one attached hydrogen (secondary N) is 1. The van der Waals surface area contributed by atoms with Crippen LogP contribution in [0.1, 0.15) is 30.5 Å². The van der Waals surface area contributed by atoms with E-state index in [-0.39, 0.29) is 5.41 Å². The normalized spacial score (nSPS) is 11.1. The van der Waals surface area contributed by atoms with Crippen molar-refractivity contribution in [1.82, 2.24) is 5.32 Å². The van der Waals surface area contributed by atoms with E-state index in [2.05, 4.69) is 51.2 Å². The van der Waals surface area contributed by atoms with Crippen LogP contribution in [0.3, 0.4) is 0 Å². The second kappa shape index (κ2) is 5.88. The molecule has 0 aliphatic rings. The molecule has 0 radical (unpaired) electrons. The smallest absolute Gasteiger partial charge is 0.124 e. The van der Waals surface area contributed by atoms with Gasteiger partial charge < -0.3 is 10.1 Å². The maximum absolute atomic E-state index is 8.56. The van der Waals surface area contributed by atoms with E-state index in [9.17, 15) is 0 Å². The highest BCUT2D eigenvalue weighted by atomic mass is 16.5. The number of ether oxygens (including phenoxy) is 1. The molecule has 0 atom stereocenters. The largest absolute Gasteiger partial charge is 0.496 e. The van der Waals surface area contributed by atoms with E-state index in [4.69, 9.17) is 10.00 Å². The third-order valence-electron chi connectivity index (χ3n) is 3.22. The fourth-order valence-electron chi connectivity index (χ4n) is 2.20. The lowest BCUT2D eigenvalue weighted by atomic mass is 9.82. The van der Waals surface area contributed by atoms with E-state index in [0.717, 1.165) is 23.4 Å². The monoisotopic (exact) mass is 246 g/mol. The zero-order chi connectivity index (χ0) is 13.8. The Bertz CT molecular complexity index is 435. The standard InChI is InChI=1S/C15H22N2O/c1-11-8-13(9-12(2)14(11)18-5)15(3,4)10-17-7-6-16/h8-9,17H,7,10H2,1-5H3. The van der Waals surface area contributed by atoms with Crippen LogP contribution in [0.4, 0.5) is 0 Å². The summed E-state index contributed by atoms with van der Waals surface area (Å²) >= 11 is 0. The number of rotatable bonds is 5. The average molecular weight is 246 g/mol. The lowest BCUT2D eigenvalue weighted by Gasteiger charge is -2.27. The number of nitrogens with zero attached hydrogens (tertiary/aromatic N) is 1. The Kier molecular flexibility index (Phi) is 4.75. The molecule has 0 amide bonds. The van der Waals surface area contributed by atoms with Gasteiger partial charge in [0, 0.05) is 12.0 Å². The van der Waals surface area contributed by atoms with Crippen LogP contribution in [-0.2, 0) is 5.41 Å². The van der Waals surface area contributed by atoms with Crippen molar-refractivity contribution < 1.29 is 4.74 Å². The number of hydrogen-bond donors (Lipinski definition) is 1. The van der Waals surface area contributed by atoms with Crippen molar-refractivity contribution in [2.75, 3.05) is 20.2 Å². The van der Waals surface area contributed by atoms with Gasteiger partial charge in [0.15, 0.2) is 0 Å². The van der Waals surface area contributed by atoms with Crippen LogP contribution in [0.5, 0.6) is 5.75 Å². The zero-order valence-electron chi connectivity index (χ0n) is 11.9. The van der Waals surface area contributed by atoms with Gasteiger partial charge in [0.25, 0.3) is 0 Å². The molecule has 0 aliphatic heterocycles. The molecule has 0 heterocycles. The minimum absolute atomic E-state index is 0.00135. The van der Waals surface area contributed by atoms with Crippen LogP contribution in [0, 0.1) is 25.2 Å². The molecular formula is C15H22N2O. The summed E-state index contributed by atoms with van der Waals surface area (Å²) in [5, 5.41) is 11.7. The van der Waals surface area contributed by atoms with Crippen molar-refractivity contribution in [3.8, 4) is 11.8 Å². The van der Waals surface area contributed by atoms with Gasteiger partial charge in [-0.25, -0.2) is 0 Å². The molecule has 0 bridgehead atoms. The lowest BCUT2D eigenvalue weighted by molar-refractivity contribution is 0.407. The maximum atomic E-state index is 8.56. The fourth-order valence-corrected chi connectivity index (χ4v) is 2.20. The molecule has 98 valence electrons. The summed E-state index contributed by atoms with van der Waals surface area (Å²) in [6.07, 6.45) is 0. The maximum Gasteiger partial charge on any atom is 0.124 e. The van der Waals surface area contributed by atoms with E-state index >= 15 is 0 Å². The highest BCUT2D eigenvalue weighted by molar-refractivity contribution is 5.45. The molecule has 0 spiro atoms. The summed E-state index contributed by atoms with van der Waals surface area (Å²) in [6.45, 7) is 9.65. The van der Waals surface area contributed by atoms with Crippen molar-refractivity contribution in [3.05, 3.63) is 28.8 Å². The predicted octanol–water partition coefficient (Wildman–Crippen LogP) is 2.70. The summed E-state index contributed by atoms with van der Waals surface area (Å²) < 4.78 is 5.38. The number of hydrogen-bond acceptors (Lipinski definition) is 3. The number of nitriles is 1. The van der Waals surface area contributed by atoms with Crippen LogP contribution >= 0.6 is 0 Å². The first-order valence-corrected chi connectivity index (χ1v) is 6.15. The van der Waals surface area contributed by atoms with Crippen molar-refractivity contribution >= 4 is 0 Å². The molecule has 3 heteroatoms. The molecule has 0 unspecified atom stereocenters. The van der Waals surface area contributed by atoms with Crippen LogP contribution in [0.25, 0.3) is 0 Å². The molecule has 0 saturated carbocycles. The van der Waals surface area contributed by atoms with Crippen molar-refractivity contribution in [1.29, 1.82) is 5.26 Å². The van der Waals surface area contributed by atoms with Crippen LogP contribution in [0.15, 0.2) is 12.1 Å². The van der Waals surface area contributed by atoms with Gasteiger partial charge in [-0.2, -0.15) is 5.26 Å². The summed E-state index contributed by atoms with van der Waals surface area (Å²) in [4.78, 5) is 0. The van der Waals surface area contributed by atoms with Crippen LogP contribution in [0.2, 0.25) is 0 Å². The van der Waals surface area contributed by atoms with E-state index in [1.165, 1.54) is 5.56 Å². The second-order valence-corrected chi connectivity index (χ2v) is 5.29. The van der Waals surface area contributed by atoms with E-state index < -0.39 is 0 Å². The van der Waals surface area contributed by atoms with Gasteiger partial charge in [0.1, 0.15) is 5.75 Å². The van der Waals surface area contributed by atoms with Crippen LogP contribution in [-0.4, -0.2) is 20.2 Å². The first kappa shape index (κ1) is 14.5. The van der Waals surface area contributed by atoms with Crippen molar-refractivity contribution in [3.63, 3.8) is 0 Å². The summed E-state index contributed by atoms with van der Waals surface area (Å²) in [5.41, 5.74) is 3.57. The minimum Gasteiger partial charge on any atom is -0.496 e. The molecule has 0 aliphatic carbocycles. The van der Waals surface area contributed by atoms with E-state index in [0.29, 0.717) is 6.54 Å². The highest BCUT2D eigenvalue weighted by Crippen LogP contribution is 2.30. The third kappa shape index (κ3) is 3.24. The molecule has 3 nitrogen and oxygen atoms in total. The van der Waals surface area contributed by atoms with Gasteiger partial charge in [-0.1, -0.05) is 26.0 Å². The molecule has 1 rings (SSSR count). The van der Waals surface area contributed by atoms with Crippen LogP contribution < -0.4 is 10.1 Å². The first-order chi connectivity index (χ1) is 8.42. The molecule has 0 aromatic heterocycles. The molecule has 0 saturated heterocycles. The number of benzene rings is 1. The highest BCUT2D eigenvalue weighted by Gasteiger charge is 2.21. The summed E-state index contributed by atoms with van der Waals surface area (Å²) in [6, 6.07) is 6.43. The Hall–Kier alpha value is -1.53. The predicted molar refractivity (Wildman–Crippen MR) is 74.0 cm³/mol. The van der Waals surface area contributed by atoms with Crippen molar-refractivity contribution in [2.45, 2.75) is 33.1 Å².